The van der Waals surface area contributed by atoms with Gasteiger partial charge < -0.3 is 0 Å². The molecule has 0 spiro atoms. The maximum Gasteiger partial charge on any atom is 0.258 e. The fourth-order valence-corrected chi connectivity index (χ4v) is 2.92. The standard InChI is InChI=1S/C11H14Cl2N2O3S/c1-7(2)6-10(16)14-15-19(17,18)9-5-3-4-8(12)11(9)13/h3-5,7,15H,6H2,1-2H3,(H,14,16). The minimum absolute atomic E-state index is 0.0882. The first-order valence-electron chi connectivity index (χ1n) is 5.48. The number of hydrazine groups is 1. The van der Waals surface area contributed by atoms with Crippen molar-refractivity contribution in [2.24, 2.45) is 5.92 Å². The summed E-state index contributed by atoms with van der Waals surface area (Å²) < 4.78 is 23.9. The highest BCUT2D eigenvalue weighted by molar-refractivity contribution is 7.89. The van der Waals surface area contributed by atoms with E-state index in [9.17, 15) is 13.2 Å². The Morgan fingerprint density at radius 1 is 1.32 bits per heavy atom. The summed E-state index contributed by atoms with van der Waals surface area (Å²) in [6, 6.07) is 4.23. The molecular weight excluding hydrogens is 311 g/mol. The van der Waals surface area contributed by atoms with Crippen molar-refractivity contribution >= 4 is 39.1 Å². The third-order valence-electron chi connectivity index (χ3n) is 2.12. The molecule has 1 rings (SSSR count). The molecule has 2 N–H and O–H groups in total. The fourth-order valence-electron chi connectivity index (χ4n) is 1.29. The Bertz CT molecular complexity index is 573. The maximum absolute atomic E-state index is 11.9. The molecule has 0 atom stereocenters. The second kappa shape index (κ2) is 6.56. The van der Waals surface area contributed by atoms with E-state index in [0.717, 1.165) is 0 Å². The van der Waals surface area contributed by atoms with E-state index in [2.05, 4.69) is 5.43 Å². The van der Waals surface area contributed by atoms with E-state index in [0.29, 0.717) is 0 Å². The summed E-state index contributed by atoms with van der Waals surface area (Å²) >= 11 is 11.6. The highest BCUT2D eigenvalue weighted by Crippen LogP contribution is 2.28. The third kappa shape index (κ3) is 4.65. The summed E-state index contributed by atoms with van der Waals surface area (Å²) in [5.41, 5.74) is 2.12. The molecule has 0 saturated heterocycles. The Morgan fingerprint density at radius 2 is 1.95 bits per heavy atom. The van der Waals surface area contributed by atoms with E-state index in [1.165, 1.54) is 18.2 Å². The second-order valence-corrected chi connectivity index (χ2v) is 6.74. The van der Waals surface area contributed by atoms with Crippen LogP contribution in [0, 0.1) is 5.92 Å². The van der Waals surface area contributed by atoms with Crippen LogP contribution in [0.2, 0.25) is 10.0 Å². The number of hydrogen-bond donors (Lipinski definition) is 2. The van der Waals surface area contributed by atoms with Gasteiger partial charge in [-0.25, -0.2) is 8.42 Å². The maximum atomic E-state index is 11.9. The molecule has 8 heteroatoms. The number of carbonyl (C=O) groups excluding carboxylic acids is 1. The second-order valence-electron chi connectivity index (χ2n) is 4.30. The molecule has 0 unspecified atom stereocenters. The van der Waals surface area contributed by atoms with Gasteiger partial charge in [0.2, 0.25) is 5.91 Å². The van der Waals surface area contributed by atoms with Crippen molar-refractivity contribution in [2.75, 3.05) is 0 Å². The van der Waals surface area contributed by atoms with Gasteiger partial charge >= 0.3 is 0 Å². The molecule has 0 aliphatic rings. The number of carbonyl (C=O) groups is 1. The lowest BCUT2D eigenvalue weighted by molar-refractivity contribution is -0.122. The van der Waals surface area contributed by atoms with Crippen LogP contribution in [0.5, 0.6) is 0 Å². The lowest BCUT2D eigenvalue weighted by Gasteiger charge is -2.11. The van der Waals surface area contributed by atoms with E-state index in [4.69, 9.17) is 23.2 Å². The van der Waals surface area contributed by atoms with Gasteiger partial charge in [0.25, 0.3) is 10.0 Å². The van der Waals surface area contributed by atoms with E-state index < -0.39 is 15.9 Å². The fraction of sp³-hybridized carbons (Fsp3) is 0.364. The minimum Gasteiger partial charge on any atom is -0.278 e. The Balaban J connectivity index is 2.82. The molecule has 0 aliphatic carbocycles. The monoisotopic (exact) mass is 324 g/mol. The van der Waals surface area contributed by atoms with E-state index in [1.807, 2.05) is 18.7 Å². The van der Waals surface area contributed by atoms with Crippen LogP contribution in [0.15, 0.2) is 23.1 Å². The topological polar surface area (TPSA) is 75.3 Å². The SMILES string of the molecule is CC(C)CC(=O)NNS(=O)(=O)c1cccc(Cl)c1Cl. The number of sulfonamides is 1. The molecular formula is C11H14Cl2N2O3S. The molecule has 0 bridgehead atoms. The van der Waals surface area contributed by atoms with Crippen LogP contribution in [-0.4, -0.2) is 14.3 Å². The molecule has 1 aromatic rings. The summed E-state index contributed by atoms with van der Waals surface area (Å²) in [5.74, 6) is -0.295. The van der Waals surface area contributed by atoms with Crippen molar-refractivity contribution < 1.29 is 13.2 Å². The van der Waals surface area contributed by atoms with Crippen molar-refractivity contribution in [2.45, 2.75) is 25.2 Å². The molecule has 1 amide bonds. The average molecular weight is 325 g/mol. The van der Waals surface area contributed by atoms with E-state index >= 15 is 0 Å². The van der Waals surface area contributed by atoms with Crippen LogP contribution in [0.3, 0.4) is 0 Å². The van der Waals surface area contributed by atoms with Crippen LogP contribution >= 0.6 is 23.2 Å². The van der Waals surface area contributed by atoms with Crippen molar-refractivity contribution in [1.82, 2.24) is 10.3 Å². The first-order valence-corrected chi connectivity index (χ1v) is 7.72. The molecule has 0 heterocycles. The van der Waals surface area contributed by atoms with Crippen molar-refractivity contribution in [3.63, 3.8) is 0 Å². The number of hydrogen-bond acceptors (Lipinski definition) is 3. The molecule has 0 aromatic heterocycles. The highest BCUT2D eigenvalue weighted by Gasteiger charge is 2.20. The molecule has 0 fully saturated rings. The van der Waals surface area contributed by atoms with Gasteiger partial charge in [0.1, 0.15) is 4.90 Å². The van der Waals surface area contributed by atoms with Gasteiger partial charge in [-0.05, 0) is 18.1 Å². The smallest absolute Gasteiger partial charge is 0.258 e. The first-order chi connectivity index (χ1) is 8.74. The number of nitrogens with one attached hydrogen (secondary N) is 2. The van der Waals surface area contributed by atoms with Crippen LogP contribution in [0.4, 0.5) is 0 Å². The zero-order valence-corrected chi connectivity index (χ0v) is 12.7. The third-order valence-corrected chi connectivity index (χ3v) is 4.35. The first kappa shape index (κ1) is 16.2. The van der Waals surface area contributed by atoms with Crippen LogP contribution in [0.1, 0.15) is 20.3 Å². The summed E-state index contributed by atoms with van der Waals surface area (Å²) in [4.78, 5) is 13.2. The summed E-state index contributed by atoms with van der Waals surface area (Å²) in [7, 11) is -3.94. The highest BCUT2D eigenvalue weighted by atomic mass is 35.5. The molecule has 106 valence electrons. The number of amides is 1. The van der Waals surface area contributed by atoms with Gasteiger partial charge in [0.15, 0.2) is 0 Å². The largest absolute Gasteiger partial charge is 0.278 e. The summed E-state index contributed by atoms with van der Waals surface area (Å²) in [6.45, 7) is 3.70. The van der Waals surface area contributed by atoms with Crippen LogP contribution in [0.25, 0.3) is 0 Å². The van der Waals surface area contributed by atoms with Crippen molar-refractivity contribution in [3.8, 4) is 0 Å². The number of halogens is 2. The predicted octanol–water partition coefficient (Wildman–Crippen LogP) is 2.35. The summed E-state index contributed by atoms with van der Waals surface area (Å²) in [6.07, 6.45) is 0.214. The van der Waals surface area contributed by atoms with E-state index in [1.54, 1.807) is 0 Å². The minimum atomic E-state index is -3.94. The molecule has 1 aromatic carbocycles. The lowest BCUT2D eigenvalue weighted by atomic mass is 10.1. The number of benzene rings is 1. The Morgan fingerprint density at radius 3 is 2.53 bits per heavy atom. The Hall–Kier alpha value is -0.820. The van der Waals surface area contributed by atoms with Gasteiger partial charge in [0, 0.05) is 6.42 Å². The van der Waals surface area contributed by atoms with Gasteiger partial charge in [-0.2, -0.15) is 0 Å². The molecule has 0 saturated carbocycles. The molecule has 0 aliphatic heterocycles. The Labute approximate surface area is 122 Å². The van der Waals surface area contributed by atoms with Gasteiger partial charge in [0.05, 0.1) is 10.0 Å². The quantitative estimate of drug-likeness (QED) is 0.816. The normalized spacial score (nSPS) is 11.6. The van der Waals surface area contributed by atoms with Crippen molar-refractivity contribution in [3.05, 3.63) is 28.2 Å². The van der Waals surface area contributed by atoms with Crippen molar-refractivity contribution in [1.29, 1.82) is 0 Å². The van der Waals surface area contributed by atoms with E-state index in [-0.39, 0.29) is 27.3 Å². The predicted molar refractivity (Wildman–Crippen MR) is 74.4 cm³/mol. The Kier molecular flexibility index (Phi) is 5.61. The molecule has 19 heavy (non-hydrogen) atoms. The number of rotatable bonds is 5. The summed E-state index contributed by atoms with van der Waals surface area (Å²) in [5, 5.41) is 0.0350. The average Bonchev–Trinajstić information content (AvgIpc) is 2.29. The molecule has 5 nitrogen and oxygen atoms in total. The zero-order valence-electron chi connectivity index (χ0n) is 10.4. The van der Waals surface area contributed by atoms with Gasteiger partial charge in [-0.1, -0.05) is 43.1 Å². The zero-order chi connectivity index (χ0) is 14.6. The molecule has 0 radical (unpaired) electrons. The van der Waals surface area contributed by atoms with Crippen LogP contribution < -0.4 is 10.3 Å². The van der Waals surface area contributed by atoms with Gasteiger partial charge in [-0.15, -0.1) is 4.83 Å². The van der Waals surface area contributed by atoms with Crippen LogP contribution in [-0.2, 0) is 14.8 Å². The lowest BCUT2D eigenvalue weighted by Crippen LogP contribution is -2.42. The van der Waals surface area contributed by atoms with Gasteiger partial charge in [-0.3, -0.25) is 10.2 Å².